The van der Waals surface area contributed by atoms with Crippen LogP contribution in [0, 0.1) is 0 Å². The largest absolute Gasteiger partial charge is 0.348 e. The van der Waals surface area contributed by atoms with Crippen molar-refractivity contribution in [3.63, 3.8) is 0 Å². The molecule has 0 saturated carbocycles. The molecule has 5 heteroatoms. The van der Waals surface area contributed by atoms with Gasteiger partial charge in [0.15, 0.2) is 0 Å². The van der Waals surface area contributed by atoms with Gasteiger partial charge in [-0.05, 0) is 42.8 Å². The van der Waals surface area contributed by atoms with Gasteiger partial charge in [0.05, 0.1) is 5.69 Å². The Morgan fingerprint density at radius 3 is 2.59 bits per heavy atom. The first-order valence-corrected chi connectivity index (χ1v) is 5.74. The fraction of sp³-hybridized carbons (Fsp3) is 0.417. The highest BCUT2D eigenvalue weighted by Gasteiger charge is 2.18. The number of para-hydroxylation sites is 1. The molecule has 0 bridgehead atoms. The van der Waals surface area contributed by atoms with Crippen LogP contribution in [0.15, 0.2) is 30.3 Å². The van der Waals surface area contributed by atoms with Crippen LogP contribution in [0.3, 0.4) is 0 Å². The number of hydrogen-bond acceptors (Lipinski definition) is 4. The number of rotatable bonds is 4. The van der Waals surface area contributed by atoms with E-state index < -0.39 is 0 Å². The number of hydrogen-bond donors (Lipinski definition) is 1. The summed E-state index contributed by atoms with van der Waals surface area (Å²) in [6.07, 6.45) is 0.995. The maximum atomic E-state index is 4.02. The molecule has 0 saturated heterocycles. The Balaban J connectivity index is 2.30. The topological polar surface area (TPSA) is 55.6 Å². The molecule has 0 aliphatic carbocycles. The van der Waals surface area contributed by atoms with Crippen LogP contribution in [-0.2, 0) is 0 Å². The number of aromatic nitrogens is 4. The van der Waals surface area contributed by atoms with E-state index in [1.807, 2.05) is 30.3 Å². The molecule has 1 aromatic carbocycles. The Labute approximate surface area is 101 Å². The van der Waals surface area contributed by atoms with Crippen molar-refractivity contribution in [2.75, 3.05) is 5.32 Å². The van der Waals surface area contributed by atoms with Crippen molar-refractivity contribution in [1.29, 1.82) is 0 Å². The molecular formula is C12H17N5. The molecule has 0 unspecified atom stereocenters. The molecule has 90 valence electrons. The molecular weight excluding hydrogens is 214 g/mol. The van der Waals surface area contributed by atoms with Gasteiger partial charge in [-0.25, -0.2) is 0 Å². The summed E-state index contributed by atoms with van der Waals surface area (Å²) in [4.78, 5) is 0. The van der Waals surface area contributed by atoms with Crippen LogP contribution in [0.1, 0.15) is 27.2 Å². The maximum absolute atomic E-state index is 4.02. The smallest absolute Gasteiger partial charge is 0.248 e. The Bertz CT molecular complexity index is 475. The number of tetrazole rings is 1. The average Bonchev–Trinajstić information content (AvgIpc) is 2.77. The summed E-state index contributed by atoms with van der Waals surface area (Å²) >= 11 is 0. The van der Waals surface area contributed by atoms with Crippen molar-refractivity contribution in [1.82, 2.24) is 20.2 Å². The van der Waals surface area contributed by atoms with E-state index in [4.69, 9.17) is 0 Å². The maximum Gasteiger partial charge on any atom is 0.248 e. The summed E-state index contributed by atoms with van der Waals surface area (Å²) in [6, 6.07) is 9.84. The van der Waals surface area contributed by atoms with Gasteiger partial charge in [-0.1, -0.05) is 30.2 Å². The minimum absolute atomic E-state index is 0.0265. The third-order valence-electron chi connectivity index (χ3n) is 2.80. The lowest BCUT2D eigenvalue weighted by Gasteiger charge is -2.24. The van der Waals surface area contributed by atoms with Gasteiger partial charge in [0.2, 0.25) is 5.95 Å². The minimum atomic E-state index is -0.0265. The molecule has 5 nitrogen and oxygen atoms in total. The predicted octanol–water partition coefficient (Wildman–Crippen LogP) is 2.26. The Hall–Kier alpha value is -1.91. The van der Waals surface area contributed by atoms with Gasteiger partial charge in [0.1, 0.15) is 0 Å². The second-order valence-corrected chi connectivity index (χ2v) is 4.61. The second-order valence-electron chi connectivity index (χ2n) is 4.61. The number of nitrogens with one attached hydrogen (secondary N) is 1. The molecule has 2 aromatic rings. The van der Waals surface area contributed by atoms with E-state index in [2.05, 4.69) is 41.6 Å². The van der Waals surface area contributed by atoms with Gasteiger partial charge in [-0.2, -0.15) is 4.68 Å². The van der Waals surface area contributed by atoms with E-state index in [9.17, 15) is 0 Å². The fourth-order valence-electron chi connectivity index (χ4n) is 1.40. The molecule has 1 N–H and O–H groups in total. The zero-order valence-electron chi connectivity index (χ0n) is 10.4. The first-order valence-electron chi connectivity index (χ1n) is 5.74. The highest BCUT2D eigenvalue weighted by atomic mass is 15.6. The van der Waals surface area contributed by atoms with Crippen LogP contribution in [0.2, 0.25) is 0 Å². The molecule has 17 heavy (non-hydrogen) atoms. The van der Waals surface area contributed by atoms with Crippen LogP contribution < -0.4 is 5.32 Å². The molecule has 0 amide bonds. The van der Waals surface area contributed by atoms with E-state index in [1.54, 1.807) is 4.68 Å². The quantitative estimate of drug-likeness (QED) is 0.877. The lowest BCUT2D eigenvalue weighted by molar-refractivity contribution is 0.539. The van der Waals surface area contributed by atoms with Gasteiger partial charge >= 0.3 is 0 Å². The highest BCUT2D eigenvalue weighted by Crippen LogP contribution is 2.17. The first-order chi connectivity index (χ1) is 8.12. The van der Waals surface area contributed by atoms with Crippen LogP contribution >= 0.6 is 0 Å². The minimum Gasteiger partial charge on any atom is -0.348 e. The first kappa shape index (κ1) is 11.6. The van der Waals surface area contributed by atoms with Gasteiger partial charge in [0, 0.05) is 5.54 Å². The van der Waals surface area contributed by atoms with E-state index in [0.717, 1.165) is 12.1 Å². The Morgan fingerprint density at radius 1 is 1.24 bits per heavy atom. The van der Waals surface area contributed by atoms with Gasteiger partial charge in [-0.15, -0.1) is 0 Å². The number of nitrogens with zero attached hydrogens (tertiary/aromatic N) is 4. The second kappa shape index (κ2) is 4.53. The monoisotopic (exact) mass is 231 g/mol. The van der Waals surface area contributed by atoms with Crippen LogP contribution in [0.4, 0.5) is 5.95 Å². The summed E-state index contributed by atoms with van der Waals surface area (Å²) in [5.74, 6) is 0.669. The lowest BCUT2D eigenvalue weighted by atomic mass is 10.0. The standard InChI is InChI=1S/C12H17N5/c1-4-12(2,3)13-11-14-15-16-17(11)10-8-6-5-7-9-10/h5-9H,4H2,1-3H3,(H,13,14,16). The van der Waals surface area contributed by atoms with Crippen molar-refractivity contribution in [3.05, 3.63) is 30.3 Å². The van der Waals surface area contributed by atoms with Gasteiger partial charge in [0.25, 0.3) is 0 Å². The molecule has 0 aliphatic heterocycles. The Morgan fingerprint density at radius 2 is 1.94 bits per heavy atom. The third kappa shape index (κ3) is 2.61. The molecule has 1 aromatic heterocycles. The van der Waals surface area contributed by atoms with Gasteiger partial charge in [-0.3, -0.25) is 0 Å². The van der Waals surface area contributed by atoms with Crippen LogP contribution in [0.5, 0.6) is 0 Å². The predicted molar refractivity (Wildman–Crippen MR) is 67.1 cm³/mol. The summed E-state index contributed by atoms with van der Waals surface area (Å²) in [5, 5.41) is 15.1. The third-order valence-corrected chi connectivity index (χ3v) is 2.80. The van der Waals surface area contributed by atoms with Gasteiger partial charge < -0.3 is 5.32 Å². The summed E-state index contributed by atoms with van der Waals surface area (Å²) < 4.78 is 1.71. The zero-order valence-corrected chi connectivity index (χ0v) is 10.4. The Kier molecular flexibility index (Phi) is 3.08. The normalized spacial score (nSPS) is 11.5. The van der Waals surface area contributed by atoms with E-state index >= 15 is 0 Å². The molecule has 1 heterocycles. The summed E-state index contributed by atoms with van der Waals surface area (Å²) in [7, 11) is 0. The number of benzene rings is 1. The molecule has 0 aliphatic rings. The molecule has 2 rings (SSSR count). The van der Waals surface area contributed by atoms with Crippen molar-refractivity contribution >= 4 is 5.95 Å². The lowest BCUT2D eigenvalue weighted by Crippen LogP contribution is -2.31. The van der Waals surface area contributed by atoms with Crippen molar-refractivity contribution in [3.8, 4) is 5.69 Å². The SMILES string of the molecule is CCC(C)(C)Nc1nnnn1-c1ccccc1. The molecule has 0 spiro atoms. The zero-order chi connectivity index (χ0) is 12.3. The van der Waals surface area contributed by atoms with E-state index in [0.29, 0.717) is 5.95 Å². The van der Waals surface area contributed by atoms with E-state index in [-0.39, 0.29) is 5.54 Å². The molecule has 0 fully saturated rings. The van der Waals surface area contributed by atoms with Crippen molar-refractivity contribution in [2.45, 2.75) is 32.7 Å². The molecule has 0 atom stereocenters. The number of anilines is 1. The highest BCUT2D eigenvalue weighted by molar-refractivity contribution is 5.39. The molecule has 0 radical (unpaired) electrons. The van der Waals surface area contributed by atoms with Crippen LogP contribution in [-0.4, -0.2) is 25.7 Å². The van der Waals surface area contributed by atoms with E-state index in [1.165, 1.54) is 0 Å². The summed E-state index contributed by atoms with van der Waals surface area (Å²) in [5.41, 5.74) is 0.924. The van der Waals surface area contributed by atoms with Crippen molar-refractivity contribution in [2.24, 2.45) is 0 Å². The fourth-order valence-corrected chi connectivity index (χ4v) is 1.40. The summed E-state index contributed by atoms with van der Waals surface area (Å²) in [6.45, 7) is 6.37. The average molecular weight is 231 g/mol. The van der Waals surface area contributed by atoms with Crippen molar-refractivity contribution < 1.29 is 0 Å². The van der Waals surface area contributed by atoms with Crippen LogP contribution in [0.25, 0.3) is 5.69 Å².